The number of benzene rings is 1. The quantitative estimate of drug-likeness (QED) is 0.773. The molecule has 6 nitrogen and oxygen atoms in total. The van der Waals surface area contributed by atoms with Gasteiger partial charge in [0.25, 0.3) is 15.7 Å². The Labute approximate surface area is 123 Å². The molecule has 0 aliphatic carbocycles. The van der Waals surface area contributed by atoms with Gasteiger partial charge >= 0.3 is 0 Å². The van der Waals surface area contributed by atoms with Crippen LogP contribution in [0, 0.1) is 6.92 Å². The van der Waals surface area contributed by atoms with Gasteiger partial charge < -0.3 is 0 Å². The molecule has 0 radical (unpaired) electrons. The summed E-state index contributed by atoms with van der Waals surface area (Å²) in [5.74, 6) is 0. The summed E-state index contributed by atoms with van der Waals surface area (Å²) in [6, 6.07) is 9.29. The zero-order valence-electron chi connectivity index (χ0n) is 12.2. The molecule has 0 atom stereocenters. The molecule has 0 bridgehead atoms. The van der Waals surface area contributed by atoms with Crippen LogP contribution < -0.4 is 5.56 Å². The van der Waals surface area contributed by atoms with Crippen LogP contribution in [0.1, 0.15) is 11.3 Å². The summed E-state index contributed by atoms with van der Waals surface area (Å²) in [5, 5.41) is 0. The molecule has 0 spiro atoms. The van der Waals surface area contributed by atoms with Crippen molar-refractivity contribution in [3.8, 4) is 5.69 Å². The number of hydrogen-bond donors (Lipinski definition) is 0. The maximum atomic E-state index is 12.5. The Morgan fingerprint density at radius 3 is 2.38 bits per heavy atom. The van der Waals surface area contributed by atoms with Crippen LogP contribution in [0.3, 0.4) is 0 Å². The molecule has 2 rings (SSSR count). The highest BCUT2D eigenvalue weighted by molar-refractivity contribution is 7.85. The first-order valence-corrected chi connectivity index (χ1v) is 8.30. The van der Waals surface area contributed by atoms with E-state index in [1.165, 1.54) is 0 Å². The van der Waals surface area contributed by atoms with E-state index in [1.807, 2.05) is 37.3 Å². The van der Waals surface area contributed by atoms with Gasteiger partial charge in [0.1, 0.15) is 0 Å². The van der Waals surface area contributed by atoms with Gasteiger partial charge in [-0.1, -0.05) is 18.2 Å². The average molecular weight is 310 g/mol. The van der Waals surface area contributed by atoms with Crippen LogP contribution in [-0.4, -0.2) is 30.6 Å². The van der Waals surface area contributed by atoms with E-state index in [0.29, 0.717) is 5.56 Å². The highest BCUT2D eigenvalue weighted by Crippen LogP contribution is 2.10. The molecule has 1 heterocycles. The van der Waals surface area contributed by atoms with Crippen molar-refractivity contribution in [3.05, 3.63) is 51.9 Å². The van der Waals surface area contributed by atoms with Gasteiger partial charge in [0, 0.05) is 24.7 Å². The summed E-state index contributed by atoms with van der Waals surface area (Å²) < 4.78 is 30.0. The van der Waals surface area contributed by atoms with E-state index in [-0.39, 0.29) is 18.6 Å². The predicted molar refractivity (Wildman–Crippen MR) is 80.2 cm³/mol. The molecule has 7 heteroatoms. The summed E-state index contributed by atoms with van der Waals surface area (Å²) in [6.45, 7) is 1.80. The van der Waals surface area contributed by atoms with Crippen molar-refractivity contribution in [1.29, 1.82) is 0 Å². The van der Waals surface area contributed by atoms with Gasteiger partial charge in [-0.15, -0.1) is 0 Å². The molecule has 0 aliphatic heterocycles. The second kappa shape index (κ2) is 5.87. The van der Waals surface area contributed by atoms with Gasteiger partial charge in [-0.25, -0.2) is 4.68 Å². The molecule has 1 aromatic heterocycles. The number of aromatic nitrogens is 2. The fraction of sp³-hybridized carbons (Fsp3) is 0.357. The Balaban J connectivity index is 2.35. The van der Waals surface area contributed by atoms with Gasteiger partial charge in [-0.05, 0) is 19.1 Å². The molecule has 0 fully saturated rings. The van der Waals surface area contributed by atoms with Crippen LogP contribution >= 0.6 is 0 Å². The third-order valence-electron chi connectivity index (χ3n) is 3.32. The fourth-order valence-electron chi connectivity index (χ4n) is 2.21. The first-order chi connectivity index (χ1) is 9.81. The van der Waals surface area contributed by atoms with Crippen molar-refractivity contribution in [2.45, 2.75) is 13.3 Å². The Morgan fingerprint density at radius 2 is 1.81 bits per heavy atom. The molecular weight excluding hydrogens is 292 g/mol. The SMILES string of the molecule is Cc1c(CCOS(C)(=O)=O)c(=O)n(-c2ccccc2)n1C. The highest BCUT2D eigenvalue weighted by atomic mass is 32.2. The van der Waals surface area contributed by atoms with E-state index in [2.05, 4.69) is 0 Å². The van der Waals surface area contributed by atoms with Crippen molar-refractivity contribution in [1.82, 2.24) is 9.36 Å². The van der Waals surface area contributed by atoms with Crippen LogP contribution in [0.2, 0.25) is 0 Å². The number of nitrogens with zero attached hydrogens (tertiary/aromatic N) is 2. The molecule has 21 heavy (non-hydrogen) atoms. The second-order valence-corrected chi connectivity index (χ2v) is 6.46. The summed E-state index contributed by atoms with van der Waals surface area (Å²) >= 11 is 0. The van der Waals surface area contributed by atoms with Crippen LogP contribution in [0.4, 0.5) is 0 Å². The number of rotatable bonds is 5. The first-order valence-electron chi connectivity index (χ1n) is 6.48. The monoisotopic (exact) mass is 310 g/mol. The second-order valence-electron chi connectivity index (χ2n) is 4.82. The minimum absolute atomic E-state index is 0.0340. The summed E-state index contributed by atoms with van der Waals surface area (Å²) in [7, 11) is -1.69. The number of hydrogen-bond acceptors (Lipinski definition) is 4. The van der Waals surface area contributed by atoms with Crippen molar-refractivity contribution in [2.75, 3.05) is 12.9 Å². The minimum Gasteiger partial charge on any atom is -0.285 e. The average Bonchev–Trinajstić information content (AvgIpc) is 2.62. The molecule has 0 saturated heterocycles. The molecule has 0 amide bonds. The topological polar surface area (TPSA) is 70.3 Å². The Hall–Kier alpha value is -1.86. The smallest absolute Gasteiger partial charge is 0.274 e. The van der Waals surface area contributed by atoms with Crippen molar-refractivity contribution in [2.24, 2.45) is 7.05 Å². The van der Waals surface area contributed by atoms with Gasteiger partial charge in [0.2, 0.25) is 0 Å². The zero-order chi connectivity index (χ0) is 15.6. The Bertz CT molecular complexity index is 788. The van der Waals surface area contributed by atoms with E-state index < -0.39 is 10.1 Å². The molecule has 0 N–H and O–H groups in total. The van der Waals surface area contributed by atoms with E-state index >= 15 is 0 Å². The Kier molecular flexibility index (Phi) is 4.34. The molecule has 0 saturated carbocycles. The first kappa shape index (κ1) is 15.5. The lowest BCUT2D eigenvalue weighted by atomic mass is 10.2. The maximum absolute atomic E-state index is 12.5. The zero-order valence-corrected chi connectivity index (χ0v) is 13.1. The lowest BCUT2D eigenvalue weighted by Gasteiger charge is -2.07. The summed E-state index contributed by atoms with van der Waals surface area (Å²) in [6.07, 6.45) is 1.25. The third kappa shape index (κ3) is 3.43. The van der Waals surface area contributed by atoms with E-state index in [0.717, 1.165) is 17.6 Å². The van der Waals surface area contributed by atoms with Gasteiger partial charge in [-0.3, -0.25) is 13.7 Å². The lowest BCUT2D eigenvalue weighted by Crippen LogP contribution is -2.21. The molecular formula is C14H18N2O4S. The standard InChI is InChI=1S/C14H18N2O4S/c1-11-13(9-10-20-21(3,18)19)14(17)16(15(11)2)12-7-5-4-6-8-12/h4-8H,9-10H2,1-3H3. The fourth-order valence-corrected chi connectivity index (χ4v) is 2.59. The van der Waals surface area contributed by atoms with Gasteiger partial charge in [-0.2, -0.15) is 8.42 Å². The van der Waals surface area contributed by atoms with Crippen LogP contribution in [-0.2, 0) is 27.8 Å². The van der Waals surface area contributed by atoms with Gasteiger partial charge in [0.15, 0.2) is 0 Å². The molecule has 2 aromatic rings. The van der Waals surface area contributed by atoms with Crippen molar-refractivity contribution in [3.63, 3.8) is 0 Å². The van der Waals surface area contributed by atoms with Crippen molar-refractivity contribution < 1.29 is 12.6 Å². The summed E-state index contributed by atoms with van der Waals surface area (Å²) in [5.41, 5.74) is 1.97. The predicted octanol–water partition coefficient (Wildman–Crippen LogP) is 1.00. The molecule has 0 unspecified atom stereocenters. The Morgan fingerprint density at radius 1 is 1.19 bits per heavy atom. The van der Waals surface area contributed by atoms with Crippen molar-refractivity contribution >= 4 is 10.1 Å². The van der Waals surface area contributed by atoms with Crippen LogP contribution in [0.15, 0.2) is 35.1 Å². The largest absolute Gasteiger partial charge is 0.285 e. The third-order valence-corrected chi connectivity index (χ3v) is 3.92. The van der Waals surface area contributed by atoms with E-state index in [1.54, 1.807) is 16.4 Å². The van der Waals surface area contributed by atoms with Gasteiger partial charge in [0.05, 0.1) is 18.6 Å². The normalized spacial score (nSPS) is 11.8. The van der Waals surface area contributed by atoms with E-state index in [9.17, 15) is 13.2 Å². The minimum atomic E-state index is -3.49. The lowest BCUT2D eigenvalue weighted by molar-refractivity contribution is 0.325. The molecule has 114 valence electrons. The maximum Gasteiger partial charge on any atom is 0.274 e. The van der Waals surface area contributed by atoms with Crippen LogP contribution in [0.25, 0.3) is 5.69 Å². The molecule has 1 aromatic carbocycles. The van der Waals surface area contributed by atoms with Crippen LogP contribution in [0.5, 0.6) is 0 Å². The number of para-hydroxylation sites is 1. The highest BCUT2D eigenvalue weighted by Gasteiger charge is 2.16. The van der Waals surface area contributed by atoms with E-state index in [4.69, 9.17) is 4.18 Å². The molecule has 0 aliphatic rings. The summed E-state index contributed by atoms with van der Waals surface area (Å²) in [4.78, 5) is 12.5.